The van der Waals surface area contributed by atoms with Gasteiger partial charge in [0, 0.05) is 18.5 Å². The van der Waals surface area contributed by atoms with Crippen molar-refractivity contribution in [2.45, 2.75) is 19.8 Å². The molecule has 0 radical (unpaired) electrons. The number of hydrogen-bond donors (Lipinski definition) is 1. The summed E-state index contributed by atoms with van der Waals surface area (Å²) in [5, 5.41) is 8.20. The van der Waals surface area contributed by atoms with Gasteiger partial charge >= 0.3 is 5.97 Å². The van der Waals surface area contributed by atoms with E-state index in [1.165, 1.54) is 5.01 Å². The summed E-state index contributed by atoms with van der Waals surface area (Å²) in [5.41, 5.74) is 1.82. The molecule has 2 aromatic carbocycles. The van der Waals surface area contributed by atoms with E-state index in [4.69, 9.17) is 4.74 Å². The van der Waals surface area contributed by atoms with Crippen LogP contribution in [0, 0.1) is 0 Å². The van der Waals surface area contributed by atoms with Crippen molar-refractivity contribution in [1.82, 2.24) is 0 Å². The number of hydrazone groups is 1. The van der Waals surface area contributed by atoms with Gasteiger partial charge in [0.15, 0.2) is 0 Å². The Hall–Kier alpha value is -3.48. The molecule has 2 aromatic rings. The molecule has 0 fully saturated rings. The number of nitrogens with zero attached hydrogens (tertiary/aromatic N) is 2. The van der Waals surface area contributed by atoms with Crippen molar-refractivity contribution in [3.8, 4) is 0 Å². The molecule has 0 aromatic heterocycles. The molecule has 0 saturated heterocycles. The molecule has 1 aliphatic rings. The van der Waals surface area contributed by atoms with Gasteiger partial charge in [0.25, 0.3) is 5.91 Å². The fourth-order valence-electron chi connectivity index (χ4n) is 2.59. The van der Waals surface area contributed by atoms with Gasteiger partial charge in [0.05, 0.1) is 17.9 Å². The van der Waals surface area contributed by atoms with E-state index in [1.54, 1.807) is 55.5 Å². The lowest BCUT2D eigenvalue weighted by Crippen LogP contribution is -2.36. The lowest BCUT2D eigenvalue weighted by atomic mass is 10.1. The number of carbonyl (C=O) groups is 3. The van der Waals surface area contributed by atoms with Gasteiger partial charge < -0.3 is 10.1 Å². The summed E-state index contributed by atoms with van der Waals surface area (Å²) in [5.74, 6) is -0.951. The number of carbonyl (C=O) groups excluding carboxylic acids is 3. The van der Waals surface area contributed by atoms with E-state index in [2.05, 4.69) is 10.4 Å². The molecule has 0 unspecified atom stereocenters. The van der Waals surface area contributed by atoms with E-state index in [9.17, 15) is 14.4 Å². The number of para-hydroxylation sites is 1. The smallest absolute Gasteiger partial charge is 0.338 e. The summed E-state index contributed by atoms with van der Waals surface area (Å²) in [6, 6.07) is 15.4. The van der Waals surface area contributed by atoms with Crippen molar-refractivity contribution in [2.75, 3.05) is 16.9 Å². The van der Waals surface area contributed by atoms with Crippen LogP contribution in [0.2, 0.25) is 0 Å². The van der Waals surface area contributed by atoms with Crippen LogP contribution < -0.4 is 10.3 Å². The van der Waals surface area contributed by atoms with Crippen LogP contribution in [0.3, 0.4) is 0 Å². The number of esters is 1. The zero-order chi connectivity index (χ0) is 19.2. The highest BCUT2D eigenvalue weighted by molar-refractivity contribution is 6.44. The molecule has 0 atom stereocenters. The molecule has 3 rings (SSSR count). The van der Waals surface area contributed by atoms with Gasteiger partial charge in [-0.1, -0.05) is 18.2 Å². The van der Waals surface area contributed by atoms with E-state index >= 15 is 0 Å². The summed E-state index contributed by atoms with van der Waals surface area (Å²) < 4.78 is 4.93. The normalized spacial score (nSPS) is 13.7. The number of hydrogen-bond acceptors (Lipinski definition) is 5. The third kappa shape index (κ3) is 4.38. The zero-order valence-electron chi connectivity index (χ0n) is 14.8. The van der Waals surface area contributed by atoms with Gasteiger partial charge in [-0.2, -0.15) is 5.10 Å². The monoisotopic (exact) mass is 365 g/mol. The molecular weight excluding hydrogens is 346 g/mol. The Bertz CT molecular complexity index is 876. The molecule has 0 aliphatic carbocycles. The minimum Gasteiger partial charge on any atom is -0.462 e. The number of anilines is 2. The molecule has 138 valence electrons. The maximum absolute atomic E-state index is 12.5. The van der Waals surface area contributed by atoms with Crippen molar-refractivity contribution in [2.24, 2.45) is 5.10 Å². The zero-order valence-corrected chi connectivity index (χ0v) is 14.8. The van der Waals surface area contributed by atoms with Gasteiger partial charge in [-0.05, 0) is 43.3 Å². The largest absolute Gasteiger partial charge is 0.462 e. The standard InChI is InChI=1S/C20H19N3O4/c1-2-27-20(26)14-8-10-15(11-9-14)21-19(25)17-12-13-18(24)23(22-17)16-6-4-3-5-7-16/h3-11H,2,12-13H2,1H3,(H,21,25). The highest BCUT2D eigenvalue weighted by atomic mass is 16.5. The van der Waals surface area contributed by atoms with Crippen molar-refractivity contribution in [3.05, 3.63) is 60.2 Å². The molecule has 0 saturated carbocycles. The highest BCUT2D eigenvalue weighted by Gasteiger charge is 2.25. The van der Waals surface area contributed by atoms with Crippen molar-refractivity contribution < 1.29 is 19.1 Å². The first kappa shape index (κ1) is 18.3. The van der Waals surface area contributed by atoms with Gasteiger partial charge in [-0.15, -0.1) is 0 Å². The molecule has 1 heterocycles. The summed E-state index contributed by atoms with van der Waals surface area (Å²) >= 11 is 0. The van der Waals surface area contributed by atoms with Gasteiger partial charge in [0.2, 0.25) is 5.91 Å². The van der Waals surface area contributed by atoms with Crippen LogP contribution in [0.15, 0.2) is 59.7 Å². The second-order valence-electron chi connectivity index (χ2n) is 5.84. The first-order valence-corrected chi connectivity index (χ1v) is 8.62. The molecule has 0 bridgehead atoms. The maximum Gasteiger partial charge on any atom is 0.338 e. The Morgan fingerprint density at radius 1 is 1.07 bits per heavy atom. The fraction of sp³-hybridized carbons (Fsp3) is 0.200. The molecule has 7 nitrogen and oxygen atoms in total. The predicted octanol–water partition coefficient (Wildman–Crippen LogP) is 2.98. The minimum atomic E-state index is -0.413. The molecule has 1 N–H and O–H groups in total. The predicted molar refractivity (Wildman–Crippen MR) is 102 cm³/mol. The van der Waals surface area contributed by atoms with E-state index in [0.717, 1.165) is 0 Å². The Morgan fingerprint density at radius 2 is 1.78 bits per heavy atom. The first-order valence-electron chi connectivity index (χ1n) is 8.62. The van der Waals surface area contributed by atoms with Crippen LogP contribution in [0.4, 0.5) is 11.4 Å². The maximum atomic E-state index is 12.5. The van der Waals surface area contributed by atoms with Gasteiger partial charge in [-0.25, -0.2) is 9.80 Å². The Kier molecular flexibility index (Phi) is 5.61. The average Bonchev–Trinajstić information content (AvgIpc) is 2.69. The van der Waals surface area contributed by atoms with Crippen LogP contribution in [0.5, 0.6) is 0 Å². The second kappa shape index (κ2) is 8.27. The number of nitrogens with one attached hydrogen (secondary N) is 1. The second-order valence-corrected chi connectivity index (χ2v) is 5.84. The molecule has 1 aliphatic heterocycles. The van der Waals surface area contributed by atoms with Crippen molar-refractivity contribution in [3.63, 3.8) is 0 Å². The van der Waals surface area contributed by atoms with Gasteiger partial charge in [-0.3, -0.25) is 9.59 Å². The first-order chi connectivity index (χ1) is 13.1. The van der Waals surface area contributed by atoms with Crippen molar-refractivity contribution in [1.29, 1.82) is 0 Å². The fourth-order valence-corrected chi connectivity index (χ4v) is 2.59. The summed E-state index contributed by atoms with van der Waals surface area (Å²) in [7, 11) is 0. The number of ether oxygens (including phenoxy) is 1. The molecule has 7 heteroatoms. The van der Waals surface area contributed by atoms with Crippen LogP contribution >= 0.6 is 0 Å². The van der Waals surface area contributed by atoms with E-state index in [-0.39, 0.29) is 30.4 Å². The van der Waals surface area contributed by atoms with Crippen LogP contribution in [0.25, 0.3) is 0 Å². The van der Waals surface area contributed by atoms with E-state index in [1.807, 2.05) is 6.07 Å². The third-order valence-electron chi connectivity index (χ3n) is 3.95. The SMILES string of the molecule is CCOC(=O)c1ccc(NC(=O)C2=NN(c3ccccc3)C(=O)CC2)cc1. The minimum absolute atomic E-state index is 0.156. The molecule has 0 spiro atoms. The van der Waals surface area contributed by atoms with Crippen molar-refractivity contribution >= 4 is 34.9 Å². The molecular formula is C20H19N3O4. The third-order valence-corrected chi connectivity index (χ3v) is 3.95. The Balaban J connectivity index is 1.72. The quantitative estimate of drug-likeness (QED) is 0.825. The van der Waals surface area contributed by atoms with Crippen LogP contribution in [0.1, 0.15) is 30.1 Å². The number of rotatable bonds is 5. The number of benzene rings is 2. The van der Waals surface area contributed by atoms with Gasteiger partial charge in [0.1, 0.15) is 5.71 Å². The Morgan fingerprint density at radius 3 is 2.44 bits per heavy atom. The van der Waals surface area contributed by atoms with E-state index < -0.39 is 5.97 Å². The van der Waals surface area contributed by atoms with Crippen LogP contribution in [-0.2, 0) is 14.3 Å². The average molecular weight is 365 g/mol. The number of amides is 2. The summed E-state index contributed by atoms with van der Waals surface area (Å²) in [6.45, 7) is 2.04. The Labute approximate surface area is 156 Å². The summed E-state index contributed by atoms with van der Waals surface area (Å²) in [4.78, 5) is 36.3. The highest BCUT2D eigenvalue weighted by Crippen LogP contribution is 2.20. The topological polar surface area (TPSA) is 88.1 Å². The van der Waals surface area contributed by atoms with E-state index in [0.29, 0.717) is 23.5 Å². The molecule has 2 amide bonds. The summed E-state index contributed by atoms with van der Waals surface area (Å²) in [6.07, 6.45) is 0.484. The lowest BCUT2D eigenvalue weighted by Gasteiger charge is -2.23. The van der Waals surface area contributed by atoms with Crippen LogP contribution in [-0.4, -0.2) is 30.1 Å². The lowest BCUT2D eigenvalue weighted by molar-refractivity contribution is -0.118. The molecule has 27 heavy (non-hydrogen) atoms.